The molecule has 0 spiro atoms. The van der Waals surface area contributed by atoms with Gasteiger partial charge in [-0.05, 0) is 245 Å². The van der Waals surface area contributed by atoms with E-state index in [9.17, 15) is 0 Å². The standard InChI is InChI=1S/C70H64B2O2/c1-33(2)43-15-17-55-59(25-43)73-61-27-45(35(5)6)23-53-49-29-48(64-41(13)21-38(10)22-42(64)14)52-32-58-66-50(54-24-46(36(7)8)28-62-70(54)72(58)56-18-16-44(34(3)4)26-60(56)74-62)30-47(63-39(11)19-37(9)20-40(63)12)51-31-57(71(55)69(53)61)65(49)67(52)68(51)66/h15-36H,1-14H3. The van der Waals surface area contributed by atoms with Gasteiger partial charge >= 0.3 is 0 Å². The van der Waals surface area contributed by atoms with Crippen molar-refractivity contribution in [2.45, 2.75) is 121 Å². The van der Waals surface area contributed by atoms with Gasteiger partial charge in [-0.3, -0.25) is 0 Å². The van der Waals surface area contributed by atoms with Crippen molar-refractivity contribution in [3.63, 3.8) is 0 Å². The second-order valence-electron chi connectivity index (χ2n) is 24.3. The molecule has 0 N–H and O–H groups in total. The molecule has 0 atom stereocenters. The monoisotopic (exact) mass is 959 g/mol. The molecule has 0 fully saturated rings. The molecule has 0 radical (unpaired) electrons. The Kier molecular flexibility index (Phi) is 9.70. The summed E-state index contributed by atoms with van der Waals surface area (Å²) in [7, 11) is 0. The fourth-order valence-corrected chi connectivity index (χ4v) is 14.6. The minimum atomic E-state index is -0.0199. The van der Waals surface area contributed by atoms with Crippen molar-refractivity contribution in [1.29, 1.82) is 0 Å². The summed E-state index contributed by atoms with van der Waals surface area (Å²) in [6.45, 7) is 32.2. The van der Waals surface area contributed by atoms with Crippen molar-refractivity contribution >= 4 is 78.5 Å². The van der Waals surface area contributed by atoms with E-state index in [-0.39, 0.29) is 13.4 Å². The smallest absolute Gasteiger partial charge is 0.252 e. The molecule has 4 heterocycles. The lowest BCUT2D eigenvalue weighted by Crippen LogP contribution is -2.58. The zero-order valence-electron chi connectivity index (χ0n) is 45.7. The number of fused-ring (bicyclic) bond motifs is 8. The minimum absolute atomic E-state index is 0.0199. The van der Waals surface area contributed by atoms with Gasteiger partial charge in [0.25, 0.3) is 13.4 Å². The Bertz CT molecular complexity index is 3850. The van der Waals surface area contributed by atoms with Gasteiger partial charge in [-0.2, -0.15) is 0 Å². The number of rotatable bonds is 6. The minimum Gasteiger partial charge on any atom is -0.458 e. The summed E-state index contributed by atoms with van der Waals surface area (Å²) in [5, 5.41) is 8.19. The molecule has 4 aliphatic rings. The Morgan fingerprint density at radius 2 is 0.662 bits per heavy atom. The lowest BCUT2D eigenvalue weighted by molar-refractivity contribution is 0.485. The van der Waals surface area contributed by atoms with Crippen LogP contribution in [-0.2, 0) is 0 Å². The third-order valence-electron chi connectivity index (χ3n) is 18.0. The summed E-state index contributed by atoms with van der Waals surface area (Å²) in [6, 6.07) is 44.1. The molecule has 10 aromatic rings. The van der Waals surface area contributed by atoms with Crippen LogP contribution >= 0.6 is 0 Å². The number of hydrogen-bond acceptors (Lipinski definition) is 2. The molecule has 10 aromatic carbocycles. The maximum Gasteiger partial charge on any atom is 0.252 e. The average molecular weight is 959 g/mol. The first-order valence-corrected chi connectivity index (χ1v) is 27.5. The van der Waals surface area contributed by atoms with Crippen LogP contribution in [0.3, 0.4) is 0 Å². The van der Waals surface area contributed by atoms with E-state index >= 15 is 0 Å². The molecule has 14 rings (SSSR count). The Balaban J connectivity index is 1.25. The Morgan fingerprint density at radius 1 is 0.311 bits per heavy atom. The van der Waals surface area contributed by atoms with Crippen molar-refractivity contribution in [3.05, 3.63) is 165 Å². The van der Waals surface area contributed by atoms with Gasteiger partial charge < -0.3 is 9.47 Å². The second kappa shape index (κ2) is 15.7. The van der Waals surface area contributed by atoms with Crippen molar-refractivity contribution in [2.75, 3.05) is 0 Å². The molecule has 0 unspecified atom stereocenters. The molecule has 4 heteroatoms. The first kappa shape index (κ1) is 45.6. The van der Waals surface area contributed by atoms with E-state index in [1.165, 1.54) is 165 Å². The van der Waals surface area contributed by atoms with Gasteiger partial charge in [0.2, 0.25) is 0 Å². The molecule has 0 amide bonds. The normalized spacial score (nSPS) is 13.6. The molecule has 0 aliphatic carbocycles. The van der Waals surface area contributed by atoms with Crippen molar-refractivity contribution in [3.8, 4) is 67.5 Å². The molecule has 0 saturated carbocycles. The van der Waals surface area contributed by atoms with Crippen molar-refractivity contribution < 1.29 is 9.47 Å². The predicted octanol–water partition coefficient (Wildman–Crippen LogP) is 15.5. The highest BCUT2D eigenvalue weighted by atomic mass is 16.5. The van der Waals surface area contributed by atoms with Crippen LogP contribution in [0.25, 0.3) is 76.8 Å². The Labute approximate surface area is 438 Å². The number of ether oxygens (including phenoxy) is 2. The van der Waals surface area contributed by atoms with Crippen molar-refractivity contribution in [1.82, 2.24) is 0 Å². The molecule has 0 aromatic heterocycles. The maximum atomic E-state index is 7.24. The molecular weight excluding hydrogens is 894 g/mol. The number of benzene rings is 10. The zero-order chi connectivity index (χ0) is 51.2. The van der Waals surface area contributed by atoms with Crippen LogP contribution in [0.1, 0.15) is 135 Å². The van der Waals surface area contributed by atoms with Crippen LogP contribution in [0.4, 0.5) is 0 Å². The van der Waals surface area contributed by atoms with Gasteiger partial charge in [0.1, 0.15) is 23.0 Å². The maximum absolute atomic E-state index is 7.24. The van der Waals surface area contributed by atoms with Gasteiger partial charge in [0.05, 0.1) is 0 Å². The summed E-state index contributed by atoms with van der Waals surface area (Å²) in [6.07, 6.45) is 0. The lowest BCUT2D eigenvalue weighted by Gasteiger charge is -2.38. The molecule has 4 aliphatic heterocycles. The van der Waals surface area contributed by atoms with E-state index in [4.69, 9.17) is 9.47 Å². The van der Waals surface area contributed by atoms with E-state index in [0.29, 0.717) is 23.7 Å². The quantitative estimate of drug-likeness (QED) is 0.122. The fraction of sp³-hybridized carbons (Fsp3) is 0.257. The third-order valence-corrected chi connectivity index (χ3v) is 18.0. The summed E-state index contributed by atoms with van der Waals surface area (Å²) < 4.78 is 14.5. The van der Waals surface area contributed by atoms with Gasteiger partial charge in [-0.25, -0.2) is 0 Å². The molecule has 0 saturated heterocycles. The van der Waals surface area contributed by atoms with Gasteiger partial charge in [-0.15, -0.1) is 0 Å². The van der Waals surface area contributed by atoms with E-state index in [1.807, 2.05) is 0 Å². The van der Waals surface area contributed by atoms with Gasteiger partial charge in [-0.1, -0.05) is 150 Å². The first-order valence-electron chi connectivity index (χ1n) is 27.5. The largest absolute Gasteiger partial charge is 0.458 e. The van der Waals surface area contributed by atoms with Crippen LogP contribution in [0, 0.1) is 41.5 Å². The zero-order valence-corrected chi connectivity index (χ0v) is 45.7. The van der Waals surface area contributed by atoms with Crippen LogP contribution in [0.2, 0.25) is 0 Å². The van der Waals surface area contributed by atoms with Crippen LogP contribution < -0.4 is 42.3 Å². The first-order chi connectivity index (χ1) is 35.4. The highest BCUT2D eigenvalue weighted by molar-refractivity contribution is 7.01. The summed E-state index contributed by atoms with van der Waals surface area (Å²) >= 11 is 0. The second-order valence-corrected chi connectivity index (χ2v) is 24.3. The highest BCUT2D eigenvalue weighted by Gasteiger charge is 2.45. The average Bonchev–Trinajstić information content (AvgIpc) is 3.37. The lowest BCUT2D eigenvalue weighted by atomic mass is 9.31. The Morgan fingerprint density at radius 3 is 1.01 bits per heavy atom. The highest BCUT2D eigenvalue weighted by Crippen LogP contribution is 2.53. The summed E-state index contributed by atoms with van der Waals surface area (Å²) in [4.78, 5) is 0. The van der Waals surface area contributed by atoms with Crippen LogP contribution in [-0.4, -0.2) is 13.4 Å². The van der Waals surface area contributed by atoms with Gasteiger partial charge in [0.15, 0.2) is 0 Å². The molecule has 2 nitrogen and oxygen atoms in total. The molecule has 74 heavy (non-hydrogen) atoms. The fourth-order valence-electron chi connectivity index (χ4n) is 14.6. The van der Waals surface area contributed by atoms with E-state index in [2.05, 4.69) is 206 Å². The SMILES string of the molecule is Cc1cc(C)c(-c2cc3c4c(cc5c(-c6c(C)cc(C)cc6C)cc6c7c(cc2c4c57)B2c4ccc(C(C)C)cc4Oc4cc(C(C)C)cc-6c42)B2c4ccc(C(C)C)cc4Oc4cc(C(C)C)cc-3c42)c(C)c1. The topological polar surface area (TPSA) is 18.5 Å². The van der Waals surface area contributed by atoms with E-state index in [0.717, 1.165) is 23.0 Å². The van der Waals surface area contributed by atoms with Gasteiger partial charge in [0, 0.05) is 0 Å². The molecule has 0 bridgehead atoms. The molecule has 362 valence electrons. The van der Waals surface area contributed by atoms with Crippen LogP contribution in [0.15, 0.2) is 109 Å². The van der Waals surface area contributed by atoms with E-state index in [1.54, 1.807) is 0 Å². The van der Waals surface area contributed by atoms with Crippen molar-refractivity contribution in [2.24, 2.45) is 0 Å². The third kappa shape index (κ3) is 6.21. The van der Waals surface area contributed by atoms with Crippen LogP contribution in [0.5, 0.6) is 23.0 Å². The molecular formula is C70H64B2O2. The number of aryl methyl sites for hydroxylation is 6. The summed E-state index contributed by atoms with van der Waals surface area (Å²) in [5.74, 6) is 5.34. The summed E-state index contributed by atoms with van der Waals surface area (Å²) in [5.41, 5.74) is 31.4. The number of hydrogen-bond donors (Lipinski definition) is 0. The van der Waals surface area contributed by atoms with E-state index < -0.39 is 0 Å². The predicted molar refractivity (Wildman–Crippen MR) is 319 cm³/mol. The Hall–Kier alpha value is -7.03.